The molecule has 12 heteroatoms. The maximum absolute atomic E-state index is 13.8. The predicted molar refractivity (Wildman–Crippen MR) is 205 cm³/mol. The number of hydrogen-bond acceptors (Lipinski definition) is 9. The lowest BCUT2D eigenvalue weighted by Crippen LogP contribution is -2.35. The predicted octanol–water partition coefficient (Wildman–Crippen LogP) is 6.91. The molecule has 9 rings (SSSR count). The molecule has 0 radical (unpaired) electrons. The van der Waals surface area contributed by atoms with Gasteiger partial charge in [0.25, 0.3) is 11.8 Å². The number of fused-ring (bicyclic) bond motifs is 4. The van der Waals surface area contributed by atoms with Crippen molar-refractivity contribution in [2.75, 3.05) is 45.8 Å². The summed E-state index contributed by atoms with van der Waals surface area (Å²) in [4.78, 5) is 35.8. The molecule has 1 aliphatic carbocycles. The van der Waals surface area contributed by atoms with Gasteiger partial charge in [-0.25, -0.2) is 4.68 Å². The molecular weight excluding hydrogens is 684 g/mol. The fourth-order valence-electron chi connectivity index (χ4n) is 8.20. The normalized spacial score (nSPS) is 20.3. The molecule has 1 saturated heterocycles. The molecule has 0 bridgehead atoms. The number of benzene rings is 3. The lowest BCUT2D eigenvalue weighted by atomic mass is 10.0. The van der Waals surface area contributed by atoms with Crippen molar-refractivity contribution in [1.29, 1.82) is 0 Å². The number of unbranched alkanes of at least 4 members (excludes halogenated alkanes) is 2. The molecule has 2 amide bonds. The second kappa shape index (κ2) is 13.9. The SMILES string of the molecule is COc1cc2c(cc1OCCCCCOc1cc3c(cc1OC)C(=O)N1C=C(c4ccc(-n5cccn5)cc4)C[C@H]1CN3)N=C[C@@H]1CC3(CC3)CN1C2=O. The minimum Gasteiger partial charge on any atom is -0.493 e. The van der Waals surface area contributed by atoms with Gasteiger partial charge in [-0.1, -0.05) is 12.1 Å². The van der Waals surface area contributed by atoms with Crippen LogP contribution in [0.1, 0.15) is 71.2 Å². The highest BCUT2D eigenvalue weighted by Crippen LogP contribution is 2.55. The Balaban J connectivity index is 0.785. The second-order valence-corrected chi connectivity index (χ2v) is 14.9. The van der Waals surface area contributed by atoms with E-state index in [1.807, 2.05) is 63.4 Å². The van der Waals surface area contributed by atoms with E-state index in [1.54, 1.807) is 32.5 Å². The Hall–Kier alpha value is -5.78. The Labute approximate surface area is 314 Å². The Morgan fingerprint density at radius 2 is 1.61 bits per heavy atom. The number of methoxy groups -OCH3 is 2. The molecule has 1 N–H and O–H groups in total. The average molecular weight is 729 g/mol. The van der Waals surface area contributed by atoms with E-state index in [9.17, 15) is 9.59 Å². The summed E-state index contributed by atoms with van der Waals surface area (Å²) in [6, 6.07) is 17.5. The minimum atomic E-state index is -0.0654. The Bertz CT molecular complexity index is 2140. The van der Waals surface area contributed by atoms with E-state index >= 15 is 0 Å². The van der Waals surface area contributed by atoms with E-state index < -0.39 is 0 Å². The number of nitrogens with one attached hydrogen (secondary N) is 1. The summed E-state index contributed by atoms with van der Waals surface area (Å²) < 4.78 is 25.5. The van der Waals surface area contributed by atoms with Crippen molar-refractivity contribution in [2.24, 2.45) is 10.4 Å². The van der Waals surface area contributed by atoms with E-state index in [-0.39, 0.29) is 23.9 Å². The van der Waals surface area contributed by atoms with Gasteiger partial charge in [0.15, 0.2) is 23.0 Å². The fourth-order valence-corrected chi connectivity index (χ4v) is 8.20. The highest BCUT2D eigenvalue weighted by Gasteiger charge is 2.53. The molecule has 4 aromatic rings. The van der Waals surface area contributed by atoms with Crippen LogP contribution in [0.2, 0.25) is 0 Å². The monoisotopic (exact) mass is 728 g/mol. The average Bonchev–Trinajstić information content (AvgIpc) is 3.51. The van der Waals surface area contributed by atoms with Crippen LogP contribution in [0.5, 0.6) is 23.0 Å². The van der Waals surface area contributed by atoms with Crippen LogP contribution in [0.25, 0.3) is 11.3 Å². The van der Waals surface area contributed by atoms with E-state index in [2.05, 4.69) is 22.5 Å². The van der Waals surface area contributed by atoms with Gasteiger partial charge in [-0.05, 0) is 91.8 Å². The number of aromatic nitrogens is 2. The van der Waals surface area contributed by atoms with Crippen LogP contribution in [0, 0.1) is 5.41 Å². The minimum absolute atomic E-state index is 0.00293. The highest BCUT2D eigenvalue weighted by molar-refractivity contribution is 6.04. The van der Waals surface area contributed by atoms with Gasteiger partial charge < -0.3 is 34.1 Å². The molecular formula is C42H44N6O6. The molecule has 5 aliphatic rings. The van der Waals surface area contributed by atoms with Gasteiger partial charge >= 0.3 is 0 Å². The largest absolute Gasteiger partial charge is 0.493 e. The second-order valence-electron chi connectivity index (χ2n) is 14.9. The summed E-state index contributed by atoms with van der Waals surface area (Å²) in [6.45, 7) is 2.40. The molecule has 5 heterocycles. The number of hydrogen-bond donors (Lipinski definition) is 1. The zero-order chi connectivity index (χ0) is 36.8. The van der Waals surface area contributed by atoms with Crippen LogP contribution in [0.3, 0.4) is 0 Å². The molecule has 2 atom stereocenters. The van der Waals surface area contributed by atoms with Crippen LogP contribution < -0.4 is 24.3 Å². The van der Waals surface area contributed by atoms with Crippen molar-refractivity contribution in [3.8, 4) is 28.7 Å². The third-order valence-corrected chi connectivity index (χ3v) is 11.4. The first-order valence-corrected chi connectivity index (χ1v) is 18.8. The Kier molecular flexibility index (Phi) is 8.75. The van der Waals surface area contributed by atoms with Crippen molar-refractivity contribution in [1.82, 2.24) is 19.6 Å². The summed E-state index contributed by atoms with van der Waals surface area (Å²) in [6.07, 6.45) is 14.2. The molecule has 12 nitrogen and oxygen atoms in total. The van der Waals surface area contributed by atoms with Gasteiger partial charge in [-0.15, -0.1) is 0 Å². The molecule has 0 unspecified atom stereocenters. The van der Waals surface area contributed by atoms with Crippen LogP contribution in [-0.4, -0.2) is 90.2 Å². The molecule has 54 heavy (non-hydrogen) atoms. The number of carbonyl (C=O) groups is 2. The molecule has 2 fully saturated rings. The van der Waals surface area contributed by atoms with Gasteiger partial charge in [0.1, 0.15) is 0 Å². The number of rotatable bonds is 12. The molecule has 1 spiro atoms. The standard InChI is InChI=1S/C42H44N6O6/c1-51-36-18-32-34(43-23-30-17-28(25-46(30)40(32)49)27-7-9-29(10-8-27)48-14-6-13-45-48)20-38(36)53-15-4-3-5-16-54-39-21-35-33(19-37(39)52-2)41(50)47-26-42(11-12-42)22-31(47)24-44-35/h6-10,13-14,18-21,24-25,30-31,43H,3-5,11-12,15-17,22-23,26H2,1-2H3/t30-,31-/m0/s1. The zero-order valence-corrected chi connectivity index (χ0v) is 30.6. The van der Waals surface area contributed by atoms with Crippen molar-refractivity contribution in [3.05, 3.63) is 89.9 Å². The number of carbonyl (C=O) groups excluding carboxylic acids is 2. The number of ether oxygens (including phenoxy) is 4. The van der Waals surface area contributed by atoms with Crippen LogP contribution in [0.4, 0.5) is 11.4 Å². The van der Waals surface area contributed by atoms with E-state index in [0.29, 0.717) is 65.0 Å². The lowest BCUT2D eigenvalue weighted by Gasteiger charge is -2.21. The zero-order valence-electron chi connectivity index (χ0n) is 30.6. The van der Waals surface area contributed by atoms with Crippen LogP contribution in [-0.2, 0) is 0 Å². The topological polar surface area (TPSA) is 120 Å². The maximum atomic E-state index is 13.8. The number of amides is 2. The third kappa shape index (κ3) is 6.33. The van der Waals surface area contributed by atoms with Crippen molar-refractivity contribution >= 4 is 35.0 Å². The number of nitrogens with zero attached hydrogens (tertiary/aromatic N) is 5. The lowest BCUT2D eigenvalue weighted by molar-refractivity contribution is 0.0765. The number of anilines is 1. The quantitative estimate of drug-likeness (QED) is 0.156. The fraction of sp³-hybridized carbons (Fsp3) is 0.381. The first kappa shape index (κ1) is 34.0. The van der Waals surface area contributed by atoms with Crippen LogP contribution in [0.15, 0.2) is 78.2 Å². The van der Waals surface area contributed by atoms with Gasteiger partial charge in [-0.2, -0.15) is 5.10 Å². The summed E-state index contributed by atoms with van der Waals surface area (Å²) in [5, 5.41) is 7.81. The maximum Gasteiger partial charge on any atom is 0.260 e. The number of aliphatic imine (C=N–C) groups is 1. The van der Waals surface area contributed by atoms with E-state index in [0.717, 1.165) is 61.2 Å². The van der Waals surface area contributed by atoms with Crippen molar-refractivity contribution in [2.45, 2.75) is 57.0 Å². The third-order valence-electron chi connectivity index (χ3n) is 11.4. The van der Waals surface area contributed by atoms with Gasteiger partial charge in [0, 0.05) is 50.0 Å². The van der Waals surface area contributed by atoms with Gasteiger partial charge in [0.05, 0.1) is 67.7 Å². The summed E-state index contributed by atoms with van der Waals surface area (Å²) in [7, 11) is 3.19. The highest BCUT2D eigenvalue weighted by atomic mass is 16.5. The smallest absolute Gasteiger partial charge is 0.260 e. The van der Waals surface area contributed by atoms with Crippen molar-refractivity contribution in [3.63, 3.8) is 0 Å². The molecule has 1 aromatic heterocycles. The molecule has 278 valence electrons. The molecule has 4 aliphatic heterocycles. The summed E-state index contributed by atoms with van der Waals surface area (Å²) >= 11 is 0. The summed E-state index contributed by atoms with van der Waals surface area (Å²) in [5.74, 6) is 2.20. The van der Waals surface area contributed by atoms with Gasteiger partial charge in [-0.3, -0.25) is 14.6 Å². The van der Waals surface area contributed by atoms with E-state index in [1.165, 1.54) is 12.8 Å². The van der Waals surface area contributed by atoms with Gasteiger partial charge in [0.2, 0.25) is 0 Å². The Morgan fingerprint density at radius 3 is 2.31 bits per heavy atom. The molecule has 1 saturated carbocycles. The van der Waals surface area contributed by atoms with Crippen LogP contribution >= 0.6 is 0 Å². The first-order chi connectivity index (χ1) is 26.4. The molecule has 3 aromatic carbocycles. The summed E-state index contributed by atoms with van der Waals surface area (Å²) in [5.41, 5.74) is 6.00. The first-order valence-electron chi connectivity index (χ1n) is 18.8. The Morgan fingerprint density at radius 1 is 0.870 bits per heavy atom. The van der Waals surface area contributed by atoms with Crippen molar-refractivity contribution < 1.29 is 28.5 Å². The van der Waals surface area contributed by atoms with E-state index in [4.69, 9.17) is 23.9 Å².